The molecule has 1 saturated carbocycles. The van der Waals surface area contributed by atoms with Crippen molar-refractivity contribution in [2.24, 2.45) is 5.41 Å². The predicted molar refractivity (Wildman–Crippen MR) is 195 cm³/mol. The molecule has 2 spiro atoms. The number of aromatic amines is 1. The van der Waals surface area contributed by atoms with Crippen LogP contribution in [0.4, 0.5) is 24.9 Å². The number of hydrogen-bond donors (Lipinski definition) is 1. The van der Waals surface area contributed by atoms with Gasteiger partial charge in [0.2, 0.25) is 11.9 Å². The Kier molecular flexibility index (Phi) is 7.77. The Balaban J connectivity index is 1.21. The smallest absolute Gasteiger partial charge is 0.422 e. The number of carbonyl (C=O) groups excluding carboxylic acids is 1. The number of rotatable bonds is 8. The fourth-order valence-electron chi connectivity index (χ4n) is 9.55. The summed E-state index contributed by atoms with van der Waals surface area (Å²) in [6.45, 7) is 12.9. The zero-order chi connectivity index (χ0) is 36.0. The molecule has 9 rings (SSSR count). The first-order valence-electron chi connectivity index (χ1n) is 18.7. The number of halogens is 3. The fraction of sp³-hybridized carbons (Fsp3) is 0.538. The number of fused-ring (bicyclic) bond motifs is 2. The van der Waals surface area contributed by atoms with E-state index in [-0.39, 0.29) is 28.5 Å². The molecule has 13 heteroatoms. The Labute approximate surface area is 301 Å². The lowest BCUT2D eigenvalue weighted by Crippen LogP contribution is -2.68. The van der Waals surface area contributed by atoms with Gasteiger partial charge in [-0.2, -0.15) is 23.3 Å². The van der Waals surface area contributed by atoms with Crippen molar-refractivity contribution in [2.45, 2.75) is 70.0 Å². The Morgan fingerprint density at radius 1 is 1.04 bits per heavy atom. The highest BCUT2D eigenvalue weighted by Gasteiger charge is 2.51. The van der Waals surface area contributed by atoms with Crippen LogP contribution >= 0.6 is 0 Å². The molecule has 4 saturated heterocycles. The summed E-state index contributed by atoms with van der Waals surface area (Å²) in [6.07, 6.45) is 4.51. The summed E-state index contributed by atoms with van der Waals surface area (Å²) in [5.41, 5.74) is 4.75. The van der Waals surface area contributed by atoms with Gasteiger partial charge in [-0.1, -0.05) is 19.6 Å². The molecule has 2 aromatic heterocycles. The molecule has 2 aromatic carbocycles. The quantitative estimate of drug-likeness (QED) is 0.205. The normalized spacial score (nSPS) is 21.3. The van der Waals surface area contributed by atoms with Crippen LogP contribution in [0.3, 0.4) is 0 Å². The molecule has 0 radical (unpaired) electrons. The van der Waals surface area contributed by atoms with Crippen LogP contribution in [0.1, 0.15) is 62.5 Å². The van der Waals surface area contributed by atoms with Gasteiger partial charge in [-0.3, -0.25) is 14.8 Å². The van der Waals surface area contributed by atoms with E-state index in [0.29, 0.717) is 17.0 Å². The molecule has 4 aliphatic heterocycles. The van der Waals surface area contributed by atoms with Crippen LogP contribution in [0.15, 0.2) is 37.1 Å². The maximum Gasteiger partial charge on any atom is 0.422 e. The maximum atomic E-state index is 14.1. The number of alkyl halides is 3. The summed E-state index contributed by atoms with van der Waals surface area (Å²) < 4.78 is 48.3. The lowest BCUT2D eigenvalue weighted by atomic mass is 9.72. The molecule has 4 aromatic rings. The molecule has 274 valence electrons. The second kappa shape index (κ2) is 12.1. The summed E-state index contributed by atoms with van der Waals surface area (Å²) in [6, 6.07) is 6.08. The Morgan fingerprint density at radius 2 is 1.81 bits per heavy atom. The molecule has 0 bridgehead atoms. The fourth-order valence-corrected chi connectivity index (χ4v) is 9.55. The number of anilines is 2. The van der Waals surface area contributed by atoms with Gasteiger partial charge in [-0.25, -0.2) is 4.98 Å². The minimum Gasteiger partial charge on any atom is -0.481 e. The van der Waals surface area contributed by atoms with Crippen molar-refractivity contribution >= 4 is 39.5 Å². The highest BCUT2D eigenvalue weighted by molar-refractivity contribution is 6.06. The number of nitrogens with zero attached hydrogens (tertiary/aromatic N) is 7. The van der Waals surface area contributed by atoms with Gasteiger partial charge in [0.25, 0.3) is 0 Å². The second-order valence-electron chi connectivity index (χ2n) is 15.8. The van der Waals surface area contributed by atoms with E-state index in [2.05, 4.69) is 44.5 Å². The minimum absolute atomic E-state index is 0.0353. The highest BCUT2D eigenvalue weighted by Crippen LogP contribution is 2.54. The summed E-state index contributed by atoms with van der Waals surface area (Å²) in [5, 5.41) is 8.91. The van der Waals surface area contributed by atoms with E-state index in [1.54, 1.807) is 6.20 Å². The third kappa shape index (κ3) is 5.49. The van der Waals surface area contributed by atoms with E-state index < -0.39 is 12.8 Å². The van der Waals surface area contributed by atoms with Gasteiger partial charge in [-0.05, 0) is 99.4 Å². The molecule has 1 aliphatic carbocycles. The largest absolute Gasteiger partial charge is 0.481 e. The van der Waals surface area contributed by atoms with Gasteiger partial charge in [0, 0.05) is 61.0 Å². The molecule has 1 amide bonds. The Bertz CT molecular complexity index is 2070. The first kappa shape index (κ1) is 33.4. The van der Waals surface area contributed by atoms with Gasteiger partial charge in [-0.15, -0.1) is 0 Å². The topological polar surface area (TPSA) is 93.7 Å². The molecule has 0 unspecified atom stereocenters. The Morgan fingerprint density at radius 3 is 2.50 bits per heavy atom. The van der Waals surface area contributed by atoms with Gasteiger partial charge >= 0.3 is 6.18 Å². The number of aryl methyl sites for hydroxylation is 1. The van der Waals surface area contributed by atoms with Crippen LogP contribution < -0.4 is 14.5 Å². The van der Waals surface area contributed by atoms with Crippen LogP contribution in [-0.4, -0.2) is 107 Å². The highest BCUT2D eigenvalue weighted by atomic mass is 19.4. The van der Waals surface area contributed by atoms with E-state index in [9.17, 15) is 18.0 Å². The molecule has 52 heavy (non-hydrogen) atoms. The first-order valence-corrected chi connectivity index (χ1v) is 18.7. The zero-order valence-corrected chi connectivity index (χ0v) is 29.9. The number of piperidine rings is 1. The maximum absolute atomic E-state index is 14.1. The van der Waals surface area contributed by atoms with Crippen LogP contribution in [0.2, 0.25) is 0 Å². The number of benzene rings is 2. The number of H-pyrrole nitrogens is 1. The van der Waals surface area contributed by atoms with Gasteiger partial charge < -0.3 is 19.4 Å². The first-order chi connectivity index (χ1) is 25.0. The van der Waals surface area contributed by atoms with Crippen LogP contribution in [0.5, 0.6) is 5.75 Å². The third-order valence-corrected chi connectivity index (χ3v) is 12.5. The number of carbonyl (C=O) groups is 1. The molecule has 10 nitrogen and oxygen atoms in total. The van der Waals surface area contributed by atoms with Crippen molar-refractivity contribution in [3.63, 3.8) is 0 Å². The van der Waals surface area contributed by atoms with Crippen LogP contribution in [-0.2, 0) is 4.79 Å². The molecule has 6 heterocycles. The zero-order valence-electron chi connectivity index (χ0n) is 29.9. The van der Waals surface area contributed by atoms with Crippen LogP contribution in [0.25, 0.3) is 32.9 Å². The Hall–Kier alpha value is -4.39. The van der Waals surface area contributed by atoms with Crippen molar-refractivity contribution in [1.82, 2.24) is 30.0 Å². The van der Waals surface area contributed by atoms with Crippen LogP contribution in [0, 0.1) is 12.3 Å². The van der Waals surface area contributed by atoms with Crippen molar-refractivity contribution in [2.75, 3.05) is 68.8 Å². The number of likely N-dealkylation sites (tertiary alicyclic amines) is 2. The standard InChI is InChI=1S/C39H45F3N8O2/c1-4-30(51)48-19-37(20-48)12-15-47(16-13-37)35-27-17-26(25-8-9-25)32(31-24(3)7-10-29-28(31)18-43-46-29)34(52-23-39(40,41)42)33(27)44-36(45-35)49-21-38(22-49)11-6-14-50(38)5-2/h4,7,10,17-18,25H,1,5-6,8-9,11-16,19-23H2,2-3H3,(H,43,46). The molecular formula is C39H45F3N8O2. The SMILES string of the molecule is C=CC(=O)N1CC2(CCN(c3nc(N4CC5(CCCN5CC)C4)nc4c(OCC(F)(F)F)c(-c5c(C)ccc6[nH]ncc56)c(C5CC5)cc34)CC2)C1. The number of nitrogens with one attached hydrogen (secondary N) is 1. The summed E-state index contributed by atoms with van der Waals surface area (Å²) in [5.74, 6) is 1.59. The minimum atomic E-state index is -4.55. The average molecular weight is 715 g/mol. The number of amides is 1. The number of aromatic nitrogens is 4. The van der Waals surface area contributed by atoms with Gasteiger partial charge in [0.05, 0.1) is 17.3 Å². The second-order valence-corrected chi connectivity index (χ2v) is 15.8. The van der Waals surface area contributed by atoms with Gasteiger partial charge in [0.1, 0.15) is 11.3 Å². The number of ether oxygens (including phenoxy) is 1. The molecule has 5 aliphatic rings. The molecular weight excluding hydrogens is 669 g/mol. The summed E-state index contributed by atoms with van der Waals surface area (Å²) in [7, 11) is 0. The van der Waals surface area contributed by atoms with E-state index in [0.717, 1.165) is 130 Å². The van der Waals surface area contributed by atoms with E-state index in [4.69, 9.17) is 14.7 Å². The molecule has 1 N–H and O–H groups in total. The summed E-state index contributed by atoms with van der Waals surface area (Å²) in [4.78, 5) is 31.6. The van der Waals surface area contributed by atoms with Crippen molar-refractivity contribution < 1.29 is 22.7 Å². The van der Waals surface area contributed by atoms with Crippen molar-refractivity contribution in [3.8, 4) is 16.9 Å². The lowest BCUT2D eigenvalue weighted by Gasteiger charge is -2.54. The van der Waals surface area contributed by atoms with Crippen molar-refractivity contribution in [3.05, 3.63) is 48.2 Å². The number of likely N-dealkylation sites (N-methyl/N-ethyl adjacent to an activating group) is 1. The number of hydrogen-bond acceptors (Lipinski definition) is 8. The molecule has 5 fully saturated rings. The lowest BCUT2D eigenvalue weighted by molar-refractivity contribution is -0.153. The molecule has 0 atom stereocenters. The third-order valence-electron chi connectivity index (χ3n) is 12.5. The summed E-state index contributed by atoms with van der Waals surface area (Å²) >= 11 is 0. The van der Waals surface area contributed by atoms with Crippen molar-refractivity contribution in [1.29, 1.82) is 0 Å². The average Bonchev–Trinajstić information content (AvgIpc) is 3.67. The van der Waals surface area contributed by atoms with E-state index >= 15 is 0 Å². The van der Waals surface area contributed by atoms with E-state index in [1.165, 1.54) is 6.08 Å². The van der Waals surface area contributed by atoms with E-state index in [1.807, 2.05) is 24.0 Å². The van der Waals surface area contributed by atoms with Gasteiger partial charge in [0.15, 0.2) is 12.4 Å². The predicted octanol–water partition coefficient (Wildman–Crippen LogP) is 6.59. The monoisotopic (exact) mass is 714 g/mol.